The molecule has 2 saturated heterocycles. The molecule has 6 heteroatoms. The summed E-state index contributed by atoms with van der Waals surface area (Å²) in [7, 11) is 1.61. The molecule has 0 bridgehead atoms. The largest absolute Gasteiger partial charge is 0.497 e. The predicted molar refractivity (Wildman–Crippen MR) is 90.0 cm³/mol. The minimum atomic E-state index is -0.280. The Labute approximate surface area is 142 Å². The van der Waals surface area contributed by atoms with Gasteiger partial charge in [-0.05, 0) is 38.1 Å². The van der Waals surface area contributed by atoms with E-state index >= 15 is 0 Å². The zero-order valence-electron chi connectivity index (χ0n) is 14.4. The van der Waals surface area contributed by atoms with Crippen molar-refractivity contribution >= 4 is 17.5 Å². The minimum Gasteiger partial charge on any atom is -0.497 e. The molecule has 1 aromatic carbocycles. The van der Waals surface area contributed by atoms with Crippen LogP contribution >= 0.6 is 0 Å². The summed E-state index contributed by atoms with van der Waals surface area (Å²) in [6.07, 6.45) is 0.338. The van der Waals surface area contributed by atoms with Crippen molar-refractivity contribution in [2.45, 2.75) is 32.5 Å². The van der Waals surface area contributed by atoms with Crippen LogP contribution in [0.25, 0.3) is 0 Å². The molecule has 0 saturated carbocycles. The lowest BCUT2D eigenvalue weighted by Gasteiger charge is -2.36. The number of anilines is 1. The number of carbonyl (C=O) groups excluding carboxylic acids is 2. The molecule has 0 N–H and O–H groups in total. The molecule has 130 valence electrons. The highest BCUT2D eigenvalue weighted by Crippen LogP contribution is 2.28. The van der Waals surface area contributed by atoms with Crippen LogP contribution in [0.2, 0.25) is 0 Å². The van der Waals surface area contributed by atoms with Crippen LogP contribution in [0, 0.1) is 5.92 Å². The first-order valence-electron chi connectivity index (χ1n) is 8.36. The zero-order chi connectivity index (χ0) is 17.3. The Morgan fingerprint density at radius 1 is 1.12 bits per heavy atom. The van der Waals surface area contributed by atoms with Crippen molar-refractivity contribution in [3.05, 3.63) is 24.3 Å². The van der Waals surface area contributed by atoms with Crippen LogP contribution in [-0.2, 0) is 14.3 Å². The molecule has 0 radical (unpaired) electrons. The van der Waals surface area contributed by atoms with Crippen LogP contribution < -0.4 is 9.64 Å². The normalized spacial score (nSPS) is 27.5. The maximum Gasteiger partial charge on any atom is 0.228 e. The van der Waals surface area contributed by atoms with Crippen LogP contribution in [0.1, 0.15) is 20.3 Å². The summed E-state index contributed by atoms with van der Waals surface area (Å²) in [5.41, 5.74) is 0.805. The van der Waals surface area contributed by atoms with E-state index in [1.165, 1.54) is 0 Å². The Balaban J connectivity index is 1.68. The van der Waals surface area contributed by atoms with E-state index in [2.05, 4.69) is 0 Å². The van der Waals surface area contributed by atoms with E-state index in [0.29, 0.717) is 19.6 Å². The van der Waals surface area contributed by atoms with E-state index < -0.39 is 0 Å². The van der Waals surface area contributed by atoms with Gasteiger partial charge in [-0.25, -0.2) is 0 Å². The third kappa shape index (κ3) is 3.38. The third-order valence-electron chi connectivity index (χ3n) is 4.59. The SMILES string of the molecule is COc1ccc(N2C[C@H](C(=O)N3C[C@@H](C)O[C@H](C)C3)CC2=O)cc1. The second-order valence-electron chi connectivity index (χ2n) is 6.60. The number of carbonyl (C=O) groups is 2. The number of hydrogen-bond acceptors (Lipinski definition) is 4. The lowest BCUT2D eigenvalue weighted by atomic mass is 10.1. The maximum absolute atomic E-state index is 12.8. The summed E-state index contributed by atoms with van der Waals surface area (Å²) in [5.74, 6) is 0.514. The van der Waals surface area contributed by atoms with Gasteiger partial charge >= 0.3 is 0 Å². The lowest BCUT2D eigenvalue weighted by Crippen LogP contribution is -2.50. The van der Waals surface area contributed by atoms with Crippen molar-refractivity contribution < 1.29 is 19.1 Å². The molecular weight excluding hydrogens is 308 g/mol. The number of nitrogens with zero attached hydrogens (tertiary/aromatic N) is 2. The molecular formula is C18H24N2O4. The highest BCUT2D eigenvalue weighted by molar-refractivity contribution is 6.00. The van der Waals surface area contributed by atoms with E-state index in [1.807, 2.05) is 43.0 Å². The minimum absolute atomic E-state index is 0.00660. The van der Waals surface area contributed by atoms with Gasteiger partial charge in [0.2, 0.25) is 11.8 Å². The average molecular weight is 332 g/mol. The average Bonchev–Trinajstić information content (AvgIpc) is 2.95. The fourth-order valence-electron chi connectivity index (χ4n) is 3.50. The summed E-state index contributed by atoms with van der Waals surface area (Å²) in [6, 6.07) is 7.34. The number of amides is 2. The van der Waals surface area contributed by atoms with Gasteiger partial charge < -0.3 is 19.3 Å². The number of rotatable bonds is 3. The predicted octanol–water partition coefficient (Wildman–Crippen LogP) is 1.68. The molecule has 6 nitrogen and oxygen atoms in total. The van der Waals surface area contributed by atoms with Gasteiger partial charge in [0, 0.05) is 31.7 Å². The van der Waals surface area contributed by atoms with Crippen molar-refractivity contribution in [2.24, 2.45) is 5.92 Å². The molecule has 0 unspecified atom stereocenters. The van der Waals surface area contributed by atoms with Gasteiger partial charge in [-0.15, -0.1) is 0 Å². The van der Waals surface area contributed by atoms with Crippen LogP contribution in [0.3, 0.4) is 0 Å². The van der Waals surface area contributed by atoms with Crippen molar-refractivity contribution in [2.75, 3.05) is 31.6 Å². The Bertz CT molecular complexity index is 606. The topological polar surface area (TPSA) is 59.1 Å². The fraction of sp³-hybridized carbons (Fsp3) is 0.556. The van der Waals surface area contributed by atoms with Crippen molar-refractivity contribution in [3.63, 3.8) is 0 Å². The van der Waals surface area contributed by atoms with Crippen LogP contribution in [0.15, 0.2) is 24.3 Å². The second kappa shape index (κ2) is 6.81. The summed E-state index contributed by atoms with van der Waals surface area (Å²) in [6.45, 7) is 5.57. The van der Waals surface area contributed by atoms with E-state index in [1.54, 1.807) is 12.0 Å². The number of hydrogen-bond donors (Lipinski definition) is 0. The standard InChI is InChI=1S/C18H24N2O4/c1-12-9-19(10-13(2)24-12)18(22)14-8-17(21)20(11-14)15-4-6-16(23-3)7-5-15/h4-7,12-14H,8-11H2,1-3H3/t12-,13-,14-/m1/s1. The van der Waals surface area contributed by atoms with E-state index in [0.717, 1.165) is 11.4 Å². The molecule has 2 fully saturated rings. The summed E-state index contributed by atoms with van der Waals surface area (Å²) < 4.78 is 10.8. The van der Waals surface area contributed by atoms with Crippen LogP contribution in [0.5, 0.6) is 5.75 Å². The molecule has 2 aliphatic rings. The fourth-order valence-corrected chi connectivity index (χ4v) is 3.50. The first-order chi connectivity index (χ1) is 11.5. The number of methoxy groups -OCH3 is 1. The molecule has 0 aromatic heterocycles. The molecule has 24 heavy (non-hydrogen) atoms. The van der Waals surface area contributed by atoms with Gasteiger partial charge in [0.05, 0.1) is 25.2 Å². The van der Waals surface area contributed by atoms with Crippen molar-refractivity contribution in [1.29, 1.82) is 0 Å². The van der Waals surface area contributed by atoms with Gasteiger partial charge in [-0.1, -0.05) is 0 Å². The summed E-state index contributed by atoms with van der Waals surface area (Å²) >= 11 is 0. The van der Waals surface area contributed by atoms with Gasteiger partial charge in [0.1, 0.15) is 5.75 Å². The third-order valence-corrected chi connectivity index (χ3v) is 4.59. The highest BCUT2D eigenvalue weighted by atomic mass is 16.5. The molecule has 2 amide bonds. The van der Waals surface area contributed by atoms with E-state index in [9.17, 15) is 9.59 Å². The van der Waals surface area contributed by atoms with E-state index in [-0.39, 0.29) is 36.4 Å². The lowest BCUT2D eigenvalue weighted by molar-refractivity contribution is -0.147. The molecule has 2 aliphatic heterocycles. The second-order valence-corrected chi connectivity index (χ2v) is 6.60. The van der Waals surface area contributed by atoms with Gasteiger partial charge in [-0.3, -0.25) is 9.59 Å². The summed E-state index contributed by atoms with van der Waals surface area (Å²) in [5, 5.41) is 0. The highest BCUT2D eigenvalue weighted by Gasteiger charge is 2.38. The van der Waals surface area contributed by atoms with Gasteiger partial charge in [0.15, 0.2) is 0 Å². The Kier molecular flexibility index (Phi) is 4.76. The number of morpholine rings is 1. The summed E-state index contributed by atoms with van der Waals surface area (Å²) in [4.78, 5) is 28.7. The van der Waals surface area contributed by atoms with Gasteiger partial charge in [-0.2, -0.15) is 0 Å². The Hall–Kier alpha value is -2.08. The smallest absolute Gasteiger partial charge is 0.228 e. The Morgan fingerprint density at radius 3 is 2.33 bits per heavy atom. The van der Waals surface area contributed by atoms with Crippen LogP contribution in [-0.4, -0.2) is 55.7 Å². The van der Waals surface area contributed by atoms with Crippen molar-refractivity contribution in [3.8, 4) is 5.75 Å². The monoisotopic (exact) mass is 332 g/mol. The number of ether oxygens (including phenoxy) is 2. The maximum atomic E-state index is 12.8. The number of benzene rings is 1. The van der Waals surface area contributed by atoms with E-state index in [4.69, 9.17) is 9.47 Å². The molecule has 1 aromatic rings. The van der Waals surface area contributed by atoms with Gasteiger partial charge in [0.25, 0.3) is 0 Å². The Morgan fingerprint density at radius 2 is 1.75 bits per heavy atom. The van der Waals surface area contributed by atoms with Crippen LogP contribution in [0.4, 0.5) is 5.69 Å². The zero-order valence-corrected chi connectivity index (χ0v) is 14.4. The van der Waals surface area contributed by atoms with Crippen molar-refractivity contribution in [1.82, 2.24) is 4.90 Å². The molecule has 0 aliphatic carbocycles. The molecule has 3 atom stereocenters. The molecule has 2 heterocycles. The molecule has 3 rings (SSSR count). The molecule has 0 spiro atoms. The quantitative estimate of drug-likeness (QED) is 0.845. The first-order valence-corrected chi connectivity index (χ1v) is 8.36. The first kappa shape index (κ1) is 16.8.